The number of aromatic amines is 1. The third-order valence-corrected chi connectivity index (χ3v) is 1.98. The van der Waals surface area contributed by atoms with E-state index in [4.69, 9.17) is 4.74 Å². The molecule has 0 amide bonds. The number of hydrogen-bond acceptors (Lipinski definition) is 4. The average molecular weight is 212 g/mol. The third-order valence-electron chi connectivity index (χ3n) is 1.98. The summed E-state index contributed by atoms with van der Waals surface area (Å²) in [4.78, 5) is 9.08. The van der Waals surface area contributed by atoms with E-state index in [9.17, 15) is 0 Å². The standard InChI is InChI=1S/C10H20N4O/c1-14(2)4-6-15-5-3-11-7-10-8-12-9-13-10/h8-9,11H,3-7H2,1-2H3,(H,12,13). The number of aromatic nitrogens is 2. The summed E-state index contributed by atoms with van der Waals surface area (Å²) in [5.74, 6) is 0. The van der Waals surface area contributed by atoms with E-state index in [0.717, 1.165) is 38.5 Å². The normalized spacial score (nSPS) is 11.1. The number of nitrogens with one attached hydrogen (secondary N) is 2. The smallest absolute Gasteiger partial charge is 0.0922 e. The molecule has 0 saturated heterocycles. The number of rotatable bonds is 8. The lowest BCUT2D eigenvalue weighted by molar-refractivity contribution is 0.119. The number of ether oxygens (including phenoxy) is 1. The van der Waals surface area contributed by atoms with Crippen LogP contribution >= 0.6 is 0 Å². The lowest BCUT2D eigenvalue weighted by Gasteiger charge is -2.09. The topological polar surface area (TPSA) is 53.2 Å². The quantitative estimate of drug-likeness (QED) is 0.599. The van der Waals surface area contributed by atoms with E-state index in [1.165, 1.54) is 0 Å². The second-order valence-corrected chi connectivity index (χ2v) is 3.67. The van der Waals surface area contributed by atoms with Crippen LogP contribution < -0.4 is 5.32 Å². The van der Waals surface area contributed by atoms with E-state index in [-0.39, 0.29) is 0 Å². The van der Waals surface area contributed by atoms with Crippen LogP contribution in [0.5, 0.6) is 0 Å². The van der Waals surface area contributed by atoms with Crippen molar-refractivity contribution in [2.45, 2.75) is 6.54 Å². The summed E-state index contributed by atoms with van der Waals surface area (Å²) in [7, 11) is 4.08. The fraction of sp³-hybridized carbons (Fsp3) is 0.700. The molecular weight excluding hydrogens is 192 g/mol. The Labute approximate surface area is 90.8 Å². The highest BCUT2D eigenvalue weighted by atomic mass is 16.5. The lowest BCUT2D eigenvalue weighted by Crippen LogP contribution is -2.23. The van der Waals surface area contributed by atoms with Gasteiger partial charge in [-0.1, -0.05) is 0 Å². The minimum absolute atomic E-state index is 0.752. The number of likely N-dealkylation sites (N-methyl/N-ethyl adjacent to an activating group) is 1. The van der Waals surface area contributed by atoms with Gasteiger partial charge in [0, 0.05) is 31.5 Å². The summed E-state index contributed by atoms with van der Waals surface area (Å²) in [6.45, 7) is 4.20. The largest absolute Gasteiger partial charge is 0.379 e. The van der Waals surface area contributed by atoms with Gasteiger partial charge in [-0.05, 0) is 14.1 Å². The summed E-state index contributed by atoms with van der Waals surface area (Å²) >= 11 is 0. The van der Waals surface area contributed by atoms with Crippen molar-refractivity contribution in [3.63, 3.8) is 0 Å². The van der Waals surface area contributed by atoms with Crippen LogP contribution in [0.3, 0.4) is 0 Å². The second kappa shape index (κ2) is 7.39. The van der Waals surface area contributed by atoms with Crippen molar-refractivity contribution >= 4 is 0 Å². The molecule has 0 saturated carbocycles. The van der Waals surface area contributed by atoms with Crippen LogP contribution in [-0.2, 0) is 11.3 Å². The predicted octanol–water partition coefficient (Wildman–Crippen LogP) is 0.0775. The van der Waals surface area contributed by atoms with Gasteiger partial charge in [0.1, 0.15) is 0 Å². The maximum absolute atomic E-state index is 5.43. The molecule has 0 bridgehead atoms. The van der Waals surface area contributed by atoms with Gasteiger partial charge in [0.25, 0.3) is 0 Å². The van der Waals surface area contributed by atoms with Crippen LogP contribution in [0.15, 0.2) is 12.5 Å². The number of H-pyrrole nitrogens is 1. The van der Waals surface area contributed by atoms with Gasteiger partial charge >= 0.3 is 0 Å². The molecule has 0 aromatic carbocycles. The highest BCUT2D eigenvalue weighted by molar-refractivity contribution is 4.92. The summed E-state index contributed by atoms with van der Waals surface area (Å²) < 4.78 is 5.43. The molecule has 5 heteroatoms. The molecule has 1 heterocycles. The molecule has 0 aliphatic carbocycles. The second-order valence-electron chi connectivity index (χ2n) is 3.67. The Hall–Kier alpha value is -0.910. The minimum atomic E-state index is 0.752. The van der Waals surface area contributed by atoms with E-state index in [0.29, 0.717) is 0 Å². The van der Waals surface area contributed by atoms with Gasteiger partial charge in [-0.15, -0.1) is 0 Å². The van der Waals surface area contributed by atoms with Crippen LogP contribution in [0, 0.1) is 0 Å². The third kappa shape index (κ3) is 6.22. The maximum Gasteiger partial charge on any atom is 0.0922 e. The van der Waals surface area contributed by atoms with Gasteiger partial charge in [0.15, 0.2) is 0 Å². The Morgan fingerprint density at radius 2 is 2.33 bits per heavy atom. The summed E-state index contributed by atoms with van der Waals surface area (Å²) in [6, 6.07) is 0. The van der Waals surface area contributed by atoms with Gasteiger partial charge in [-0.2, -0.15) is 0 Å². The van der Waals surface area contributed by atoms with Gasteiger partial charge in [-0.3, -0.25) is 0 Å². The first-order valence-corrected chi connectivity index (χ1v) is 5.19. The van der Waals surface area contributed by atoms with Crippen molar-refractivity contribution < 1.29 is 4.74 Å². The van der Waals surface area contributed by atoms with Gasteiger partial charge in [0.2, 0.25) is 0 Å². The first-order valence-electron chi connectivity index (χ1n) is 5.19. The Balaban J connectivity index is 1.85. The zero-order valence-electron chi connectivity index (χ0n) is 9.49. The van der Waals surface area contributed by atoms with Crippen LogP contribution in [-0.4, -0.2) is 55.3 Å². The molecule has 5 nitrogen and oxygen atoms in total. The first kappa shape index (κ1) is 12.2. The zero-order valence-corrected chi connectivity index (χ0v) is 9.49. The average Bonchev–Trinajstić information content (AvgIpc) is 2.68. The van der Waals surface area contributed by atoms with Crippen molar-refractivity contribution in [2.24, 2.45) is 0 Å². The van der Waals surface area contributed by atoms with Crippen LogP contribution in [0.25, 0.3) is 0 Å². The first-order chi connectivity index (χ1) is 7.29. The fourth-order valence-electron chi connectivity index (χ4n) is 1.10. The number of imidazole rings is 1. The number of hydrogen-bond donors (Lipinski definition) is 2. The van der Waals surface area contributed by atoms with E-state index in [2.05, 4.69) is 20.2 Å². The minimum Gasteiger partial charge on any atom is -0.379 e. The molecule has 0 atom stereocenters. The Kier molecular flexibility index (Phi) is 5.99. The lowest BCUT2D eigenvalue weighted by atomic mass is 10.4. The zero-order chi connectivity index (χ0) is 10.9. The van der Waals surface area contributed by atoms with Crippen molar-refractivity contribution in [1.82, 2.24) is 20.2 Å². The molecule has 0 aliphatic rings. The Morgan fingerprint density at radius 1 is 1.47 bits per heavy atom. The molecule has 0 aliphatic heterocycles. The highest BCUT2D eigenvalue weighted by Gasteiger charge is 1.93. The summed E-state index contributed by atoms with van der Waals surface area (Å²) in [6.07, 6.45) is 3.50. The Bertz CT molecular complexity index is 236. The van der Waals surface area contributed by atoms with Crippen LogP contribution in [0.4, 0.5) is 0 Å². The molecule has 1 rings (SSSR count). The monoisotopic (exact) mass is 212 g/mol. The summed E-state index contributed by atoms with van der Waals surface area (Å²) in [5, 5.41) is 3.27. The van der Waals surface area contributed by atoms with Crippen molar-refractivity contribution in [1.29, 1.82) is 0 Å². The molecule has 0 unspecified atom stereocenters. The molecule has 0 fully saturated rings. The fourth-order valence-corrected chi connectivity index (χ4v) is 1.10. The van der Waals surface area contributed by atoms with E-state index in [1.807, 2.05) is 20.3 Å². The SMILES string of the molecule is CN(C)CCOCCNCc1cnc[nH]1. The Morgan fingerprint density at radius 3 is 3.00 bits per heavy atom. The van der Waals surface area contributed by atoms with Crippen LogP contribution in [0.2, 0.25) is 0 Å². The van der Waals surface area contributed by atoms with E-state index in [1.54, 1.807) is 6.33 Å². The highest BCUT2D eigenvalue weighted by Crippen LogP contribution is 1.88. The van der Waals surface area contributed by atoms with Crippen molar-refractivity contribution in [3.8, 4) is 0 Å². The van der Waals surface area contributed by atoms with E-state index < -0.39 is 0 Å². The molecule has 2 N–H and O–H groups in total. The molecule has 86 valence electrons. The summed E-state index contributed by atoms with van der Waals surface area (Å²) in [5.41, 5.74) is 1.10. The maximum atomic E-state index is 5.43. The van der Waals surface area contributed by atoms with Gasteiger partial charge in [0.05, 0.1) is 19.5 Å². The number of nitrogens with zero attached hydrogens (tertiary/aromatic N) is 2. The van der Waals surface area contributed by atoms with Crippen molar-refractivity contribution in [3.05, 3.63) is 18.2 Å². The molecule has 0 radical (unpaired) electrons. The van der Waals surface area contributed by atoms with Gasteiger partial charge < -0.3 is 19.9 Å². The molecular formula is C10H20N4O. The van der Waals surface area contributed by atoms with Crippen molar-refractivity contribution in [2.75, 3.05) is 40.4 Å². The van der Waals surface area contributed by atoms with Crippen LogP contribution in [0.1, 0.15) is 5.69 Å². The molecule has 15 heavy (non-hydrogen) atoms. The van der Waals surface area contributed by atoms with E-state index >= 15 is 0 Å². The molecule has 1 aromatic rings. The van der Waals surface area contributed by atoms with Gasteiger partial charge in [-0.25, -0.2) is 4.98 Å². The predicted molar refractivity (Wildman–Crippen MR) is 59.7 cm³/mol. The molecule has 0 spiro atoms. The molecule has 1 aromatic heterocycles.